The van der Waals surface area contributed by atoms with E-state index >= 15 is 4.39 Å². The van der Waals surface area contributed by atoms with Gasteiger partial charge in [-0.1, -0.05) is 22.9 Å². The Morgan fingerprint density at radius 2 is 2.00 bits per heavy atom. The average molecular weight is 646 g/mol. The number of ether oxygens (including phenoxy) is 1. The number of likely N-dealkylation sites (tertiary alicyclic amines) is 1. The molecule has 3 aliphatic rings. The fourth-order valence-corrected chi connectivity index (χ4v) is 6.62. The van der Waals surface area contributed by atoms with E-state index in [-0.39, 0.29) is 29.8 Å². The summed E-state index contributed by atoms with van der Waals surface area (Å²) >= 11 is 7.46. The fraction of sp³-hybridized carbons (Fsp3) is 0.519. The number of halogens is 5. The van der Waals surface area contributed by atoms with Crippen LogP contribution in [0.5, 0.6) is 5.75 Å². The number of carboxylic acid groups (broad SMARTS) is 1. The predicted octanol–water partition coefficient (Wildman–Crippen LogP) is 4.95. The van der Waals surface area contributed by atoms with E-state index in [0.29, 0.717) is 61.7 Å². The second-order valence-electron chi connectivity index (χ2n) is 10.6. The van der Waals surface area contributed by atoms with Crippen LogP contribution in [0.3, 0.4) is 0 Å². The zero-order chi connectivity index (χ0) is 30.7. The van der Waals surface area contributed by atoms with E-state index in [2.05, 4.69) is 37.2 Å². The van der Waals surface area contributed by atoms with E-state index in [9.17, 15) is 18.0 Å². The first-order chi connectivity index (χ1) is 20.4. The Morgan fingerprint density at radius 1 is 1.23 bits per heavy atom. The SMILES string of the molecule is C[C@@H]1CCCN1Cc1sc(NC2=C(F)C(N3CCN(CCC(=O)O)CC3)=NCN2)nc1-c1cc(Cl)cc(OC(F)(F)F)c1. The summed E-state index contributed by atoms with van der Waals surface area (Å²) in [5, 5.41) is 15.3. The second kappa shape index (κ2) is 13.2. The van der Waals surface area contributed by atoms with Crippen LogP contribution >= 0.6 is 22.9 Å². The van der Waals surface area contributed by atoms with Crippen LogP contribution in [0.1, 0.15) is 31.1 Å². The number of alkyl halides is 3. The molecule has 0 aliphatic carbocycles. The molecule has 0 spiro atoms. The minimum atomic E-state index is -4.88. The van der Waals surface area contributed by atoms with Crippen molar-refractivity contribution in [3.05, 3.63) is 39.7 Å². The van der Waals surface area contributed by atoms with Gasteiger partial charge in [-0.3, -0.25) is 14.6 Å². The number of aliphatic carboxylic acids is 1. The van der Waals surface area contributed by atoms with Crippen molar-refractivity contribution in [2.24, 2.45) is 4.99 Å². The van der Waals surface area contributed by atoms with Crippen LogP contribution in [0, 0.1) is 0 Å². The van der Waals surface area contributed by atoms with Gasteiger partial charge in [0.05, 0.1) is 12.1 Å². The van der Waals surface area contributed by atoms with Crippen molar-refractivity contribution in [3.63, 3.8) is 0 Å². The first kappa shape index (κ1) is 31.3. The first-order valence-corrected chi connectivity index (χ1v) is 15.1. The molecule has 1 atom stereocenters. The molecule has 43 heavy (non-hydrogen) atoms. The van der Waals surface area contributed by atoms with Gasteiger partial charge in [0.1, 0.15) is 18.2 Å². The van der Waals surface area contributed by atoms with Crippen LogP contribution in [-0.4, -0.2) is 94.9 Å². The number of thiazole rings is 1. The van der Waals surface area contributed by atoms with Crippen LogP contribution in [0.2, 0.25) is 5.02 Å². The molecule has 234 valence electrons. The molecule has 5 rings (SSSR count). The van der Waals surface area contributed by atoms with Gasteiger partial charge in [-0.15, -0.1) is 13.2 Å². The number of hydrogen-bond acceptors (Lipinski definition) is 10. The minimum absolute atomic E-state index is 0.0491. The molecule has 0 radical (unpaired) electrons. The molecule has 3 N–H and O–H groups in total. The van der Waals surface area contributed by atoms with Crippen molar-refractivity contribution in [3.8, 4) is 17.0 Å². The van der Waals surface area contributed by atoms with Gasteiger partial charge in [0.2, 0.25) is 5.83 Å². The molecule has 3 aliphatic heterocycles. The van der Waals surface area contributed by atoms with Gasteiger partial charge in [-0.2, -0.15) is 4.39 Å². The zero-order valence-corrected chi connectivity index (χ0v) is 25.0. The number of rotatable bonds is 9. The Hall–Kier alpha value is -3.14. The average Bonchev–Trinajstić information content (AvgIpc) is 3.53. The standard InChI is InChI=1S/C27H32ClF4N7O3S/c1-16-3-2-5-39(16)14-20-23(17-11-18(28)13-19(12-17)42-27(30,31)32)35-26(43-20)36-24-22(29)25(34-15-33-24)38-9-7-37(8-10-38)6-4-21(40)41/h11-13,16,33H,2-10,14-15H2,1H3,(H,35,36)(H,40,41)/t16-/m1/s1. The van der Waals surface area contributed by atoms with Crippen molar-refractivity contribution < 1.29 is 32.2 Å². The zero-order valence-electron chi connectivity index (χ0n) is 23.4. The number of aromatic nitrogens is 1. The smallest absolute Gasteiger partial charge is 0.481 e. The Morgan fingerprint density at radius 3 is 2.67 bits per heavy atom. The number of piperazine rings is 1. The van der Waals surface area contributed by atoms with Gasteiger partial charge in [0.25, 0.3) is 0 Å². The van der Waals surface area contributed by atoms with Gasteiger partial charge in [0, 0.05) is 60.8 Å². The summed E-state index contributed by atoms with van der Waals surface area (Å²) in [6, 6.07) is 4.19. The molecule has 0 amide bonds. The third-order valence-electron chi connectivity index (χ3n) is 7.56. The Balaban J connectivity index is 1.38. The summed E-state index contributed by atoms with van der Waals surface area (Å²) in [4.78, 5) is 26.8. The van der Waals surface area contributed by atoms with Crippen molar-refractivity contribution in [1.29, 1.82) is 0 Å². The Labute approximate surface area is 255 Å². The van der Waals surface area contributed by atoms with Gasteiger partial charge < -0.3 is 25.4 Å². The molecule has 1 aromatic heterocycles. The number of benzene rings is 1. The summed E-state index contributed by atoms with van der Waals surface area (Å²) in [7, 11) is 0. The lowest BCUT2D eigenvalue weighted by Gasteiger charge is -2.36. The van der Waals surface area contributed by atoms with Crippen LogP contribution < -0.4 is 15.4 Å². The van der Waals surface area contributed by atoms with Crippen molar-refractivity contribution in [2.45, 2.75) is 45.1 Å². The Bertz CT molecular complexity index is 1400. The summed E-state index contributed by atoms with van der Waals surface area (Å²) in [6.07, 6.45) is -2.75. The number of hydrogen-bond donors (Lipinski definition) is 3. The highest BCUT2D eigenvalue weighted by molar-refractivity contribution is 7.16. The monoisotopic (exact) mass is 645 g/mol. The maximum absolute atomic E-state index is 15.7. The number of carbonyl (C=O) groups is 1. The number of nitrogens with zero attached hydrogens (tertiary/aromatic N) is 5. The maximum atomic E-state index is 15.7. The fourth-order valence-electron chi connectivity index (χ4n) is 5.38. The van der Waals surface area contributed by atoms with Gasteiger partial charge in [-0.05, 0) is 44.5 Å². The highest BCUT2D eigenvalue weighted by Gasteiger charge is 2.32. The molecule has 10 nitrogen and oxygen atoms in total. The van der Waals surface area contributed by atoms with Crippen LogP contribution in [-0.2, 0) is 11.3 Å². The maximum Gasteiger partial charge on any atom is 0.573 e. The van der Waals surface area contributed by atoms with E-state index < -0.39 is 23.9 Å². The van der Waals surface area contributed by atoms with E-state index in [4.69, 9.17) is 16.7 Å². The number of anilines is 1. The summed E-state index contributed by atoms with van der Waals surface area (Å²) < 4.78 is 58.8. The molecule has 0 saturated carbocycles. The van der Waals surface area contributed by atoms with E-state index in [1.165, 1.54) is 23.5 Å². The largest absolute Gasteiger partial charge is 0.573 e. The lowest BCUT2D eigenvalue weighted by Crippen LogP contribution is -2.50. The molecule has 16 heteroatoms. The van der Waals surface area contributed by atoms with Gasteiger partial charge in [-0.25, -0.2) is 9.98 Å². The highest BCUT2D eigenvalue weighted by Crippen LogP contribution is 2.38. The quantitative estimate of drug-likeness (QED) is 0.327. The summed E-state index contributed by atoms with van der Waals surface area (Å²) in [5.74, 6) is -1.61. The molecule has 0 unspecified atom stereocenters. The lowest BCUT2D eigenvalue weighted by molar-refractivity contribution is -0.274. The second-order valence-corrected chi connectivity index (χ2v) is 12.1. The molecular formula is C27H32ClF4N7O3S. The topological polar surface area (TPSA) is 106 Å². The van der Waals surface area contributed by atoms with E-state index in [1.807, 2.05) is 9.80 Å². The molecule has 2 fully saturated rings. The van der Waals surface area contributed by atoms with Gasteiger partial charge in [0.15, 0.2) is 11.0 Å². The van der Waals surface area contributed by atoms with Gasteiger partial charge >= 0.3 is 12.3 Å². The van der Waals surface area contributed by atoms with Crippen LogP contribution in [0.4, 0.5) is 22.7 Å². The molecule has 1 aromatic carbocycles. The lowest BCUT2D eigenvalue weighted by atomic mass is 10.1. The molecule has 0 bridgehead atoms. The minimum Gasteiger partial charge on any atom is -0.481 e. The van der Waals surface area contributed by atoms with Crippen LogP contribution in [0.15, 0.2) is 34.8 Å². The third-order valence-corrected chi connectivity index (χ3v) is 8.73. The molecule has 4 heterocycles. The van der Waals surface area contributed by atoms with Crippen molar-refractivity contribution in [2.75, 3.05) is 51.3 Å². The number of aliphatic imine (C=N–C) groups is 1. The van der Waals surface area contributed by atoms with Crippen LogP contribution in [0.25, 0.3) is 11.3 Å². The molecule has 2 aromatic rings. The summed E-state index contributed by atoms with van der Waals surface area (Å²) in [5.41, 5.74) is 0.788. The number of nitrogens with one attached hydrogen (secondary N) is 2. The molecule has 2 saturated heterocycles. The Kier molecular flexibility index (Phi) is 9.63. The van der Waals surface area contributed by atoms with E-state index in [1.54, 1.807) is 0 Å². The van der Waals surface area contributed by atoms with E-state index in [0.717, 1.165) is 30.3 Å². The summed E-state index contributed by atoms with van der Waals surface area (Å²) in [6.45, 7) is 6.26. The normalized spacial score (nSPS) is 20.3. The third kappa shape index (κ3) is 8.08. The number of carboxylic acids is 1. The highest BCUT2D eigenvalue weighted by atomic mass is 35.5. The predicted molar refractivity (Wildman–Crippen MR) is 156 cm³/mol. The number of amidine groups is 1. The molecular weight excluding hydrogens is 614 g/mol. The van der Waals surface area contributed by atoms with Crippen molar-refractivity contribution in [1.82, 2.24) is 25.0 Å². The first-order valence-electron chi connectivity index (χ1n) is 13.9. The van der Waals surface area contributed by atoms with Crippen molar-refractivity contribution >= 4 is 39.9 Å².